The maximum Gasteiger partial charge on any atom is 0.231 e. The Balaban J connectivity index is 2.06. The Morgan fingerprint density at radius 2 is 2.24 bits per heavy atom. The number of hydrogen-bond donors (Lipinski definition) is 0. The standard InChI is InChI=1S/C15H13ClN2O3/c1-3-18-8-10(7-17-18)14(19)12-5-9-4-11(16)6-13(20-2)15(9)21-12/h4-8H,3H2,1-2H3. The molecule has 6 heteroatoms. The minimum atomic E-state index is -0.218. The molecule has 0 bridgehead atoms. The number of aryl methyl sites for hydroxylation is 1. The zero-order valence-electron chi connectivity index (χ0n) is 11.6. The number of hydrogen-bond acceptors (Lipinski definition) is 4. The summed E-state index contributed by atoms with van der Waals surface area (Å²) >= 11 is 6.01. The highest BCUT2D eigenvalue weighted by molar-refractivity contribution is 6.31. The Labute approximate surface area is 126 Å². The highest BCUT2D eigenvalue weighted by Crippen LogP contribution is 2.32. The molecular formula is C15H13ClN2O3. The van der Waals surface area contributed by atoms with Crippen LogP contribution in [0, 0.1) is 0 Å². The molecule has 0 atom stereocenters. The van der Waals surface area contributed by atoms with Gasteiger partial charge in [0, 0.05) is 29.2 Å². The number of carbonyl (C=O) groups excluding carboxylic acids is 1. The summed E-state index contributed by atoms with van der Waals surface area (Å²) in [5.74, 6) is 0.520. The van der Waals surface area contributed by atoms with Crippen LogP contribution in [0.1, 0.15) is 23.0 Å². The topological polar surface area (TPSA) is 57.3 Å². The molecule has 0 saturated heterocycles. The summed E-state index contributed by atoms with van der Waals surface area (Å²) < 4.78 is 12.5. The second-order valence-corrected chi connectivity index (χ2v) is 4.99. The molecule has 3 aromatic rings. The first kappa shape index (κ1) is 13.7. The van der Waals surface area contributed by atoms with E-state index in [4.69, 9.17) is 20.8 Å². The lowest BCUT2D eigenvalue weighted by molar-refractivity contribution is 0.101. The Morgan fingerprint density at radius 1 is 1.43 bits per heavy atom. The lowest BCUT2D eigenvalue weighted by atomic mass is 10.1. The first-order valence-corrected chi connectivity index (χ1v) is 6.84. The number of ketones is 1. The summed E-state index contributed by atoms with van der Waals surface area (Å²) in [7, 11) is 1.53. The summed E-state index contributed by atoms with van der Waals surface area (Å²) in [4.78, 5) is 12.4. The SMILES string of the molecule is CCn1cc(C(=O)c2cc3cc(Cl)cc(OC)c3o2)cn1. The molecule has 108 valence electrons. The predicted octanol–water partition coefficient (Wildman–Crippen LogP) is 3.54. The molecule has 2 aromatic heterocycles. The van der Waals surface area contributed by atoms with Crippen LogP contribution in [0.2, 0.25) is 5.02 Å². The number of benzene rings is 1. The molecule has 0 aliphatic rings. The third-order valence-corrected chi connectivity index (χ3v) is 3.43. The number of furan rings is 1. The summed E-state index contributed by atoms with van der Waals surface area (Å²) in [6, 6.07) is 5.04. The molecule has 0 radical (unpaired) electrons. The van der Waals surface area contributed by atoms with Crippen molar-refractivity contribution in [1.82, 2.24) is 9.78 Å². The molecule has 0 aliphatic carbocycles. The molecule has 0 unspecified atom stereocenters. The van der Waals surface area contributed by atoms with Crippen LogP contribution in [0.4, 0.5) is 0 Å². The Bertz CT molecular complexity index is 820. The molecule has 0 saturated carbocycles. The van der Waals surface area contributed by atoms with Crippen molar-refractivity contribution in [2.45, 2.75) is 13.5 Å². The van der Waals surface area contributed by atoms with Crippen molar-refractivity contribution in [3.05, 3.63) is 46.9 Å². The lowest BCUT2D eigenvalue weighted by Gasteiger charge is -2.00. The minimum absolute atomic E-state index is 0.218. The first-order valence-electron chi connectivity index (χ1n) is 6.46. The first-order chi connectivity index (χ1) is 10.1. The monoisotopic (exact) mass is 304 g/mol. The molecule has 1 aromatic carbocycles. The van der Waals surface area contributed by atoms with E-state index in [1.807, 2.05) is 6.92 Å². The number of rotatable bonds is 4. The molecule has 0 N–H and O–H groups in total. The van der Waals surface area contributed by atoms with Crippen molar-refractivity contribution in [3.8, 4) is 5.75 Å². The molecular weight excluding hydrogens is 292 g/mol. The third-order valence-electron chi connectivity index (χ3n) is 3.21. The Kier molecular flexibility index (Phi) is 3.43. The number of fused-ring (bicyclic) bond motifs is 1. The maximum absolute atomic E-state index is 12.4. The zero-order chi connectivity index (χ0) is 15.0. The number of ether oxygens (including phenoxy) is 1. The van der Waals surface area contributed by atoms with Crippen LogP contribution in [-0.4, -0.2) is 22.7 Å². The van der Waals surface area contributed by atoms with E-state index in [1.165, 1.54) is 13.3 Å². The van der Waals surface area contributed by atoms with E-state index in [0.717, 1.165) is 5.39 Å². The molecule has 0 spiro atoms. The number of methoxy groups -OCH3 is 1. The minimum Gasteiger partial charge on any atom is -0.493 e. The van der Waals surface area contributed by atoms with Gasteiger partial charge in [-0.3, -0.25) is 9.48 Å². The van der Waals surface area contributed by atoms with Gasteiger partial charge in [-0.2, -0.15) is 5.10 Å². The van der Waals surface area contributed by atoms with Gasteiger partial charge in [0.25, 0.3) is 0 Å². The number of carbonyl (C=O) groups is 1. The van der Waals surface area contributed by atoms with Gasteiger partial charge >= 0.3 is 0 Å². The second-order valence-electron chi connectivity index (χ2n) is 4.55. The number of nitrogens with zero attached hydrogens (tertiary/aromatic N) is 2. The summed E-state index contributed by atoms with van der Waals surface area (Å²) in [6.45, 7) is 2.66. The number of aromatic nitrogens is 2. The molecule has 0 amide bonds. The van der Waals surface area contributed by atoms with Gasteiger partial charge in [0.05, 0.1) is 18.9 Å². The van der Waals surface area contributed by atoms with Gasteiger partial charge in [-0.05, 0) is 19.1 Å². The Hall–Kier alpha value is -2.27. The van der Waals surface area contributed by atoms with E-state index < -0.39 is 0 Å². The number of halogens is 1. The molecule has 3 rings (SSSR count). The highest BCUT2D eigenvalue weighted by atomic mass is 35.5. The molecule has 0 fully saturated rings. The fourth-order valence-corrected chi connectivity index (χ4v) is 2.36. The van der Waals surface area contributed by atoms with Crippen molar-refractivity contribution in [1.29, 1.82) is 0 Å². The van der Waals surface area contributed by atoms with Crippen LogP contribution in [0.15, 0.2) is 35.0 Å². The van der Waals surface area contributed by atoms with Crippen LogP contribution in [0.5, 0.6) is 5.75 Å². The maximum atomic E-state index is 12.4. The summed E-state index contributed by atoms with van der Waals surface area (Å²) in [5, 5.41) is 5.34. The normalized spacial score (nSPS) is 11.0. The highest BCUT2D eigenvalue weighted by Gasteiger charge is 2.18. The van der Waals surface area contributed by atoms with Crippen molar-refractivity contribution < 1.29 is 13.9 Å². The van der Waals surface area contributed by atoms with E-state index in [-0.39, 0.29) is 11.5 Å². The van der Waals surface area contributed by atoms with Gasteiger partial charge in [-0.1, -0.05) is 11.6 Å². The van der Waals surface area contributed by atoms with Crippen molar-refractivity contribution in [2.75, 3.05) is 7.11 Å². The summed E-state index contributed by atoms with van der Waals surface area (Å²) in [6.07, 6.45) is 3.23. The van der Waals surface area contributed by atoms with Crippen molar-refractivity contribution in [2.24, 2.45) is 0 Å². The van der Waals surface area contributed by atoms with Crippen LogP contribution in [0.3, 0.4) is 0 Å². The van der Waals surface area contributed by atoms with Gasteiger partial charge in [0.1, 0.15) is 0 Å². The van der Waals surface area contributed by atoms with E-state index >= 15 is 0 Å². The molecule has 5 nitrogen and oxygen atoms in total. The average molecular weight is 305 g/mol. The lowest BCUT2D eigenvalue weighted by Crippen LogP contribution is -1.98. The van der Waals surface area contributed by atoms with Gasteiger partial charge in [-0.15, -0.1) is 0 Å². The van der Waals surface area contributed by atoms with E-state index in [0.29, 0.717) is 28.5 Å². The second kappa shape index (κ2) is 5.26. The van der Waals surface area contributed by atoms with Gasteiger partial charge in [-0.25, -0.2) is 0 Å². The van der Waals surface area contributed by atoms with Crippen LogP contribution < -0.4 is 4.74 Å². The largest absolute Gasteiger partial charge is 0.493 e. The fourth-order valence-electron chi connectivity index (χ4n) is 2.15. The average Bonchev–Trinajstić information content (AvgIpc) is 3.11. The fraction of sp³-hybridized carbons (Fsp3) is 0.200. The van der Waals surface area contributed by atoms with Crippen molar-refractivity contribution in [3.63, 3.8) is 0 Å². The van der Waals surface area contributed by atoms with Crippen LogP contribution in [0.25, 0.3) is 11.0 Å². The van der Waals surface area contributed by atoms with E-state index in [9.17, 15) is 4.79 Å². The van der Waals surface area contributed by atoms with Crippen molar-refractivity contribution >= 4 is 28.4 Å². The quantitative estimate of drug-likeness (QED) is 0.692. The smallest absolute Gasteiger partial charge is 0.231 e. The molecule has 21 heavy (non-hydrogen) atoms. The van der Waals surface area contributed by atoms with Gasteiger partial charge in [0.2, 0.25) is 5.78 Å². The summed E-state index contributed by atoms with van der Waals surface area (Å²) in [5.41, 5.74) is 0.995. The van der Waals surface area contributed by atoms with Crippen LogP contribution in [-0.2, 0) is 6.54 Å². The molecule has 0 aliphatic heterocycles. The van der Waals surface area contributed by atoms with Gasteiger partial charge < -0.3 is 9.15 Å². The molecule has 2 heterocycles. The zero-order valence-corrected chi connectivity index (χ0v) is 12.3. The van der Waals surface area contributed by atoms with Crippen LogP contribution >= 0.6 is 11.6 Å². The van der Waals surface area contributed by atoms with Gasteiger partial charge in [0.15, 0.2) is 17.1 Å². The third kappa shape index (κ3) is 2.40. The van der Waals surface area contributed by atoms with E-state index in [2.05, 4.69) is 5.10 Å². The Morgan fingerprint density at radius 3 is 2.90 bits per heavy atom. The van der Waals surface area contributed by atoms with E-state index in [1.54, 1.807) is 29.1 Å². The predicted molar refractivity (Wildman–Crippen MR) is 79.1 cm³/mol.